The molecule has 1 aromatic heterocycles. The fourth-order valence-corrected chi connectivity index (χ4v) is 3.41. The number of aromatic nitrogens is 1. The maximum absolute atomic E-state index is 12.7. The molecule has 0 saturated carbocycles. The van der Waals surface area contributed by atoms with Gasteiger partial charge in [0.05, 0.1) is 17.4 Å². The zero-order chi connectivity index (χ0) is 19.2. The number of hydrogen-bond donors (Lipinski definition) is 0. The third kappa shape index (κ3) is 4.36. The first-order valence-electron chi connectivity index (χ1n) is 9.91. The second kappa shape index (κ2) is 8.81. The number of hydrogen-bond acceptors (Lipinski definition) is 2. The van der Waals surface area contributed by atoms with Crippen LogP contribution in [0.15, 0.2) is 60.8 Å². The van der Waals surface area contributed by atoms with Crippen molar-refractivity contribution >= 4 is 28.2 Å². The highest BCUT2D eigenvalue weighted by Crippen LogP contribution is 2.30. The lowest BCUT2D eigenvalue weighted by molar-refractivity contribution is -0.117. The van der Waals surface area contributed by atoms with Crippen LogP contribution in [0.2, 0.25) is 0 Å². The van der Waals surface area contributed by atoms with Gasteiger partial charge in [-0.15, -0.1) is 0 Å². The minimum atomic E-state index is 0.0684. The number of carbonyl (C=O) groups excluding carboxylic acids is 1. The van der Waals surface area contributed by atoms with E-state index >= 15 is 0 Å². The van der Waals surface area contributed by atoms with Crippen LogP contribution in [0, 0.1) is 0 Å². The topological polar surface area (TPSA) is 33.2 Å². The molecule has 0 aliphatic heterocycles. The molecule has 0 aliphatic rings. The summed E-state index contributed by atoms with van der Waals surface area (Å²) in [6, 6.07) is 18.4. The minimum absolute atomic E-state index is 0.0684. The van der Waals surface area contributed by atoms with E-state index in [0.717, 1.165) is 22.3 Å². The Morgan fingerprint density at radius 3 is 2.48 bits per heavy atom. The molecule has 0 saturated heterocycles. The SMILES string of the molecule is CCCCC(C)c1ccc(N(C(=O)CC)c2cnc3ccccc3c2)cc1. The van der Waals surface area contributed by atoms with Crippen LogP contribution in [0.5, 0.6) is 0 Å². The molecule has 0 aliphatic carbocycles. The van der Waals surface area contributed by atoms with Crippen LogP contribution >= 0.6 is 0 Å². The summed E-state index contributed by atoms with van der Waals surface area (Å²) < 4.78 is 0. The molecule has 1 unspecified atom stereocenters. The second-order valence-corrected chi connectivity index (χ2v) is 7.10. The lowest BCUT2D eigenvalue weighted by Gasteiger charge is -2.23. The van der Waals surface area contributed by atoms with Crippen LogP contribution in [-0.2, 0) is 4.79 Å². The predicted octanol–water partition coefficient (Wildman–Crippen LogP) is 6.60. The van der Waals surface area contributed by atoms with Crippen LogP contribution < -0.4 is 4.90 Å². The third-order valence-corrected chi connectivity index (χ3v) is 5.10. The van der Waals surface area contributed by atoms with Gasteiger partial charge in [0.25, 0.3) is 0 Å². The molecular formula is C24H28N2O. The maximum Gasteiger partial charge on any atom is 0.231 e. The average molecular weight is 361 g/mol. The number of benzene rings is 2. The summed E-state index contributed by atoms with van der Waals surface area (Å²) in [5.41, 5.74) is 3.97. The van der Waals surface area contributed by atoms with Crippen molar-refractivity contribution in [2.45, 2.75) is 52.4 Å². The molecule has 0 radical (unpaired) electrons. The molecule has 3 aromatic rings. The number of pyridine rings is 1. The Bertz CT molecular complexity index is 902. The Morgan fingerprint density at radius 2 is 1.78 bits per heavy atom. The number of amides is 1. The number of rotatable bonds is 7. The molecule has 0 N–H and O–H groups in total. The molecule has 1 amide bonds. The Morgan fingerprint density at radius 1 is 1.04 bits per heavy atom. The highest BCUT2D eigenvalue weighted by molar-refractivity contribution is 6.01. The number of carbonyl (C=O) groups is 1. The molecule has 3 rings (SSSR count). The van der Waals surface area contributed by atoms with Gasteiger partial charge in [-0.3, -0.25) is 14.7 Å². The molecule has 27 heavy (non-hydrogen) atoms. The van der Waals surface area contributed by atoms with E-state index in [9.17, 15) is 4.79 Å². The van der Waals surface area contributed by atoms with Crippen molar-refractivity contribution in [1.82, 2.24) is 4.98 Å². The van der Waals surface area contributed by atoms with Gasteiger partial charge in [0.1, 0.15) is 0 Å². The lowest BCUT2D eigenvalue weighted by atomic mass is 9.95. The number of fused-ring (bicyclic) bond motifs is 1. The Kier molecular flexibility index (Phi) is 6.23. The van der Waals surface area contributed by atoms with E-state index in [1.807, 2.05) is 37.3 Å². The third-order valence-electron chi connectivity index (χ3n) is 5.10. The largest absolute Gasteiger partial charge is 0.280 e. The summed E-state index contributed by atoms with van der Waals surface area (Å²) >= 11 is 0. The zero-order valence-corrected chi connectivity index (χ0v) is 16.5. The average Bonchev–Trinajstić information content (AvgIpc) is 2.72. The van der Waals surface area contributed by atoms with Crippen LogP contribution in [0.1, 0.15) is 57.9 Å². The Balaban J connectivity index is 1.93. The van der Waals surface area contributed by atoms with Crippen molar-refractivity contribution in [2.75, 3.05) is 4.90 Å². The Labute approximate surface area is 162 Å². The van der Waals surface area contributed by atoms with Gasteiger partial charge in [-0.25, -0.2) is 0 Å². The fraction of sp³-hybridized carbons (Fsp3) is 0.333. The summed E-state index contributed by atoms with van der Waals surface area (Å²) in [6.07, 6.45) is 5.89. The zero-order valence-electron chi connectivity index (χ0n) is 16.5. The summed E-state index contributed by atoms with van der Waals surface area (Å²) in [7, 11) is 0. The van der Waals surface area contributed by atoms with Gasteiger partial charge in [-0.05, 0) is 42.2 Å². The van der Waals surface area contributed by atoms with E-state index < -0.39 is 0 Å². The van der Waals surface area contributed by atoms with E-state index in [-0.39, 0.29) is 5.91 Å². The quantitative estimate of drug-likeness (QED) is 0.475. The standard InChI is InChI=1S/C24H28N2O/c1-4-6-9-18(3)19-12-14-21(15-13-19)26(24(27)5-2)22-16-20-10-7-8-11-23(20)25-17-22/h7-8,10-18H,4-6,9H2,1-3H3. The smallest absolute Gasteiger partial charge is 0.231 e. The minimum Gasteiger partial charge on any atom is -0.280 e. The first kappa shape index (κ1) is 19.1. The lowest BCUT2D eigenvalue weighted by Crippen LogP contribution is -2.25. The molecule has 1 atom stereocenters. The number of anilines is 2. The molecule has 0 fully saturated rings. The highest BCUT2D eigenvalue weighted by Gasteiger charge is 2.18. The first-order valence-corrected chi connectivity index (χ1v) is 9.91. The summed E-state index contributed by atoms with van der Waals surface area (Å²) in [4.78, 5) is 19.0. The molecule has 140 valence electrons. The molecule has 3 nitrogen and oxygen atoms in total. The van der Waals surface area contributed by atoms with E-state index in [2.05, 4.69) is 43.1 Å². The van der Waals surface area contributed by atoms with Gasteiger partial charge in [-0.2, -0.15) is 0 Å². The molecule has 0 spiro atoms. The van der Waals surface area contributed by atoms with Gasteiger partial charge < -0.3 is 0 Å². The van der Waals surface area contributed by atoms with Crippen molar-refractivity contribution in [2.24, 2.45) is 0 Å². The van der Waals surface area contributed by atoms with Crippen molar-refractivity contribution in [3.63, 3.8) is 0 Å². The van der Waals surface area contributed by atoms with Gasteiger partial charge in [0.15, 0.2) is 0 Å². The first-order chi connectivity index (χ1) is 13.1. The highest BCUT2D eigenvalue weighted by atomic mass is 16.2. The fourth-order valence-electron chi connectivity index (χ4n) is 3.41. The van der Waals surface area contributed by atoms with Crippen LogP contribution in [0.3, 0.4) is 0 Å². The number of unbranched alkanes of at least 4 members (excludes halogenated alkanes) is 1. The second-order valence-electron chi connectivity index (χ2n) is 7.10. The summed E-state index contributed by atoms with van der Waals surface area (Å²) in [5, 5.41) is 1.04. The van der Waals surface area contributed by atoms with Gasteiger partial charge in [0.2, 0.25) is 5.91 Å². The van der Waals surface area contributed by atoms with Crippen molar-refractivity contribution in [3.05, 3.63) is 66.4 Å². The van der Waals surface area contributed by atoms with Gasteiger partial charge >= 0.3 is 0 Å². The van der Waals surface area contributed by atoms with Crippen LogP contribution in [0.25, 0.3) is 10.9 Å². The van der Waals surface area contributed by atoms with E-state index in [4.69, 9.17) is 0 Å². The summed E-state index contributed by atoms with van der Waals surface area (Å²) in [5.74, 6) is 0.607. The van der Waals surface area contributed by atoms with Gasteiger partial charge in [-0.1, -0.05) is 63.9 Å². The van der Waals surface area contributed by atoms with Crippen molar-refractivity contribution < 1.29 is 4.79 Å². The molecule has 1 heterocycles. The normalized spacial score (nSPS) is 12.1. The van der Waals surface area contributed by atoms with Crippen molar-refractivity contribution in [3.8, 4) is 0 Å². The summed E-state index contributed by atoms with van der Waals surface area (Å²) in [6.45, 7) is 6.39. The van der Waals surface area contributed by atoms with Crippen LogP contribution in [0.4, 0.5) is 11.4 Å². The predicted molar refractivity (Wildman–Crippen MR) is 114 cm³/mol. The number of nitrogens with zero attached hydrogens (tertiary/aromatic N) is 2. The molecule has 0 bridgehead atoms. The molecule has 2 aromatic carbocycles. The maximum atomic E-state index is 12.7. The van der Waals surface area contributed by atoms with Gasteiger partial charge in [0, 0.05) is 17.5 Å². The van der Waals surface area contributed by atoms with E-state index in [0.29, 0.717) is 12.3 Å². The molecule has 3 heteroatoms. The van der Waals surface area contributed by atoms with Crippen molar-refractivity contribution in [1.29, 1.82) is 0 Å². The monoisotopic (exact) mass is 360 g/mol. The molecular weight excluding hydrogens is 332 g/mol. The van der Waals surface area contributed by atoms with Crippen LogP contribution in [-0.4, -0.2) is 10.9 Å². The van der Waals surface area contributed by atoms with E-state index in [1.54, 1.807) is 11.1 Å². The van der Waals surface area contributed by atoms with E-state index in [1.165, 1.54) is 24.8 Å². The number of para-hydroxylation sites is 1. The Hall–Kier alpha value is -2.68.